The van der Waals surface area contributed by atoms with E-state index in [0.29, 0.717) is 24.0 Å². The van der Waals surface area contributed by atoms with E-state index in [-0.39, 0.29) is 11.6 Å². The van der Waals surface area contributed by atoms with Crippen molar-refractivity contribution in [2.75, 3.05) is 18.9 Å². The van der Waals surface area contributed by atoms with Gasteiger partial charge in [0.1, 0.15) is 11.9 Å². The fourth-order valence-corrected chi connectivity index (χ4v) is 2.55. The van der Waals surface area contributed by atoms with Crippen LogP contribution in [0.1, 0.15) is 19.8 Å². The predicted molar refractivity (Wildman–Crippen MR) is 91.7 cm³/mol. The summed E-state index contributed by atoms with van der Waals surface area (Å²) in [5, 5.41) is 29.9. The maximum absolute atomic E-state index is 12.0. The molecule has 11 heteroatoms. The number of anilines is 1. The van der Waals surface area contributed by atoms with Gasteiger partial charge in [-0.1, -0.05) is 6.92 Å². The Morgan fingerprint density at radius 2 is 2.33 bits per heavy atom. The molecule has 1 aromatic rings. The molecule has 3 atom stereocenters. The van der Waals surface area contributed by atoms with Crippen LogP contribution < -0.4 is 17.2 Å². The van der Waals surface area contributed by atoms with Crippen LogP contribution in [-0.2, 0) is 20.0 Å². The molecule has 2 rings (SSSR count). The number of aromatic nitrogens is 2. The molecule has 2 heterocycles. The average Bonchev–Trinajstić information content (AvgIpc) is 2.89. The van der Waals surface area contributed by atoms with Crippen LogP contribution in [0.4, 0.5) is 5.82 Å². The van der Waals surface area contributed by atoms with E-state index in [1.165, 1.54) is 6.07 Å². The molecule has 11 nitrogen and oxygen atoms in total. The monoisotopic (exact) mass is 379 g/mol. The maximum atomic E-state index is 12.0. The molecule has 1 aliphatic rings. The third kappa shape index (κ3) is 3.86. The molecule has 0 radical (unpaired) electrons. The first-order valence-electron chi connectivity index (χ1n) is 8.19. The molecule has 27 heavy (non-hydrogen) atoms. The first kappa shape index (κ1) is 20.2. The molecule has 0 saturated heterocycles. The number of aliphatic hydroxyl groups is 2. The molecule has 0 aromatic carbocycles. The molecule has 0 amide bonds. The topological polar surface area (TPSA) is 187 Å². The van der Waals surface area contributed by atoms with Gasteiger partial charge in [0.15, 0.2) is 24.2 Å². The van der Waals surface area contributed by atoms with E-state index in [1.807, 2.05) is 0 Å². The summed E-state index contributed by atoms with van der Waals surface area (Å²) >= 11 is 0. The molecule has 0 saturated carbocycles. The molecule has 0 fully saturated rings. The molecule has 0 bridgehead atoms. The highest BCUT2D eigenvalue weighted by molar-refractivity contribution is 5.72. The van der Waals surface area contributed by atoms with E-state index in [1.54, 1.807) is 13.0 Å². The van der Waals surface area contributed by atoms with Crippen LogP contribution in [0.25, 0.3) is 0 Å². The van der Waals surface area contributed by atoms with Crippen LogP contribution >= 0.6 is 0 Å². The number of nitrogens with zero attached hydrogens (tertiary/aromatic N) is 3. The first-order chi connectivity index (χ1) is 12.8. The highest BCUT2D eigenvalue weighted by Crippen LogP contribution is 2.36. The number of nitrogens with two attached hydrogens (primary N) is 2. The number of esters is 1. The number of nitriles is 1. The van der Waals surface area contributed by atoms with Gasteiger partial charge < -0.3 is 31.2 Å². The summed E-state index contributed by atoms with van der Waals surface area (Å²) in [6, 6.07) is 2.88. The average molecular weight is 379 g/mol. The van der Waals surface area contributed by atoms with E-state index in [0.717, 1.165) is 6.20 Å². The summed E-state index contributed by atoms with van der Waals surface area (Å²) in [6.07, 6.45) is 0.380. The van der Waals surface area contributed by atoms with Gasteiger partial charge in [0, 0.05) is 6.20 Å². The van der Waals surface area contributed by atoms with Gasteiger partial charge in [-0.25, -0.2) is 9.36 Å². The van der Waals surface area contributed by atoms with Crippen molar-refractivity contribution in [1.29, 1.82) is 5.26 Å². The molecule has 1 aromatic heterocycles. The minimum Gasteiger partial charge on any atom is -0.506 e. The molecule has 6 N–H and O–H groups in total. The number of nitrogen functional groups attached to an aromatic ring is 1. The number of hydrogen-bond acceptors (Lipinski definition) is 10. The second-order valence-corrected chi connectivity index (χ2v) is 6.07. The van der Waals surface area contributed by atoms with Crippen LogP contribution in [-0.4, -0.2) is 45.0 Å². The Hall–Kier alpha value is -3.10. The van der Waals surface area contributed by atoms with Crippen LogP contribution in [0, 0.1) is 17.2 Å². The van der Waals surface area contributed by atoms with Gasteiger partial charge in [-0.05, 0) is 25.5 Å². The van der Waals surface area contributed by atoms with Gasteiger partial charge in [0.05, 0.1) is 5.92 Å². The Morgan fingerprint density at radius 1 is 1.63 bits per heavy atom. The molecule has 0 aliphatic carbocycles. The molecular formula is C16H21N5O6. The Morgan fingerprint density at radius 3 is 2.93 bits per heavy atom. The van der Waals surface area contributed by atoms with Crippen molar-refractivity contribution in [1.82, 2.24) is 9.55 Å². The maximum Gasteiger partial charge on any atom is 0.353 e. The third-order valence-corrected chi connectivity index (χ3v) is 4.13. The Labute approximate surface area is 154 Å². The predicted octanol–water partition coefficient (Wildman–Crippen LogP) is -0.919. The van der Waals surface area contributed by atoms with Crippen molar-refractivity contribution in [3.63, 3.8) is 0 Å². The van der Waals surface area contributed by atoms with E-state index in [2.05, 4.69) is 4.98 Å². The van der Waals surface area contributed by atoms with Gasteiger partial charge in [0.2, 0.25) is 0 Å². The third-order valence-electron chi connectivity index (χ3n) is 4.13. The van der Waals surface area contributed by atoms with Gasteiger partial charge in [-0.3, -0.25) is 4.79 Å². The Balaban J connectivity index is 2.18. The smallest absolute Gasteiger partial charge is 0.353 e. The molecule has 0 spiro atoms. The number of hydrogen-bond donors (Lipinski definition) is 4. The fourth-order valence-electron chi connectivity index (χ4n) is 2.55. The summed E-state index contributed by atoms with van der Waals surface area (Å²) in [4.78, 5) is 27.5. The van der Waals surface area contributed by atoms with Crippen LogP contribution in [0.2, 0.25) is 0 Å². The number of carbonyl (C=O) groups excluding carboxylic acids is 1. The van der Waals surface area contributed by atoms with Gasteiger partial charge in [0.25, 0.3) is 0 Å². The minimum absolute atomic E-state index is 0.0883. The summed E-state index contributed by atoms with van der Waals surface area (Å²) in [5.41, 5.74) is 7.54. The van der Waals surface area contributed by atoms with Crippen LogP contribution in [0.5, 0.6) is 0 Å². The van der Waals surface area contributed by atoms with Gasteiger partial charge in [-0.15, -0.1) is 0 Å². The number of carbonyl (C=O) groups is 1. The largest absolute Gasteiger partial charge is 0.506 e. The summed E-state index contributed by atoms with van der Waals surface area (Å²) in [5.74, 6) is -2.13. The lowest BCUT2D eigenvalue weighted by atomic mass is 10.1. The second kappa shape index (κ2) is 8.07. The van der Waals surface area contributed by atoms with E-state index >= 15 is 0 Å². The van der Waals surface area contributed by atoms with Crippen molar-refractivity contribution in [2.24, 2.45) is 11.7 Å². The molecule has 1 unspecified atom stereocenters. The first-order valence-corrected chi connectivity index (χ1v) is 8.19. The van der Waals surface area contributed by atoms with Crippen molar-refractivity contribution in [2.45, 2.75) is 31.6 Å². The second-order valence-electron chi connectivity index (χ2n) is 6.07. The quantitative estimate of drug-likeness (QED) is 0.431. The SMILES string of the molecule is C[C@@H](CCCN)C(=O)OCC1=C(O)C(O)[C@](C#N)(n2ccc(N)nc2=O)O1. The number of aliphatic hydroxyl groups excluding tert-OH is 2. The highest BCUT2D eigenvalue weighted by Gasteiger charge is 2.53. The molecule has 146 valence electrons. The zero-order valence-electron chi connectivity index (χ0n) is 14.7. The Bertz CT molecular complexity index is 844. The number of ether oxygens (including phenoxy) is 2. The number of rotatable bonds is 7. The van der Waals surface area contributed by atoms with Crippen LogP contribution in [0.3, 0.4) is 0 Å². The van der Waals surface area contributed by atoms with Crippen molar-refractivity contribution >= 4 is 11.8 Å². The van der Waals surface area contributed by atoms with E-state index in [9.17, 15) is 25.1 Å². The molecular weight excluding hydrogens is 358 g/mol. The zero-order chi connectivity index (χ0) is 20.2. The van der Waals surface area contributed by atoms with E-state index in [4.69, 9.17) is 20.9 Å². The lowest BCUT2D eigenvalue weighted by molar-refractivity contribution is -0.149. The standard InChI is InChI=1S/C16H21N5O6/c1-9(3-2-5-17)14(24)26-7-10-12(22)13(23)16(8-18,27-10)21-6-4-11(19)20-15(21)25/h4,6,9,13,22-23H,2-3,5,7,17H2,1H3,(H2,19,20,25)/t9-,13?,16+/m0/s1. The summed E-state index contributed by atoms with van der Waals surface area (Å²) in [6.45, 7) is 1.58. The van der Waals surface area contributed by atoms with E-state index < -0.39 is 41.8 Å². The zero-order valence-corrected chi connectivity index (χ0v) is 14.7. The van der Waals surface area contributed by atoms with Crippen molar-refractivity contribution < 1.29 is 24.5 Å². The van der Waals surface area contributed by atoms with Crippen LogP contribution in [0.15, 0.2) is 28.6 Å². The summed E-state index contributed by atoms with van der Waals surface area (Å²) in [7, 11) is 0. The van der Waals surface area contributed by atoms with Crippen molar-refractivity contribution in [3.05, 3.63) is 34.3 Å². The minimum atomic E-state index is -2.30. The van der Waals surface area contributed by atoms with Gasteiger partial charge >= 0.3 is 17.4 Å². The Kier molecular flexibility index (Phi) is 6.04. The normalized spacial score (nSPS) is 22.8. The fraction of sp³-hybridized carbons (Fsp3) is 0.500. The van der Waals surface area contributed by atoms with Gasteiger partial charge in [-0.2, -0.15) is 10.2 Å². The highest BCUT2D eigenvalue weighted by atomic mass is 16.6. The lowest BCUT2D eigenvalue weighted by Crippen LogP contribution is -2.48. The summed E-state index contributed by atoms with van der Waals surface area (Å²) < 4.78 is 11.1. The molecule has 1 aliphatic heterocycles. The van der Waals surface area contributed by atoms with Crippen molar-refractivity contribution in [3.8, 4) is 6.07 Å². The lowest BCUT2D eigenvalue weighted by Gasteiger charge is -2.26.